The molecule has 5 heteroatoms. The van der Waals surface area contributed by atoms with Crippen LogP contribution in [0.25, 0.3) is 0 Å². The van der Waals surface area contributed by atoms with Gasteiger partial charge in [-0.25, -0.2) is 0 Å². The molecule has 0 spiro atoms. The second-order valence-corrected chi connectivity index (χ2v) is 2.43. The van der Waals surface area contributed by atoms with Gasteiger partial charge in [0.2, 0.25) is 5.91 Å². The maximum Gasteiger partial charge on any atom is 0.246 e. The number of rotatable bonds is 6. The Morgan fingerprint density at radius 2 is 2.33 bits per heavy atom. The van der Waals surface area contributed by atoms with Crippen LogP contribution in [-0.2, 0) is 9.53 Å². The predicted octanol–water partition coefficient (Wildman–Crippen LogP) is -1.51. The Labute approximate surface area is 71.3 Å². The molecule has 0 bridgehead atoms. The first-order valence-corrected chi connectivity index (χ1v) is 3.80. The molecule has 0 aliphatic carbocycles. The Bertz CT molecular complexity index is 127. The number of aliphatic hydroxyl groups excluding tert-OH is 2. The molecular formula is C7H15NO4. The van der Waals surface area contributed by atoms with E-state index < -0.39 is 6.10 Å². The first kappa shape index (κ1) is 11.4. The molecule has 72 valence electrons. The summed E-state index contributed by atoms with van der Waals surface area (Å²) in [4.78, 5) is 10.8. The third kappa shape index (κ3) is 7.46. The van der Waals surface area contributed by atoms with E-state index in [1.165, 1.54) is 0 Å². The molecule has 0 aromatic heterocycles. The van der Waals surface area contributed by atoms with Crippen LogP contribution in [0.2, 0.25) is 0 Å². The van der Waals surface area contributed by atoms with Crippen LogP contribution < -0.4 is 5.32 Å². The van der Waals surface area contributed by atoms with Gasteiger partial charge in [0, 0.05) is 6.54 Å². The van der Waals surface area contributed by atoms with E-state index in [1.807, 2.05) is 0 Å². The zero-order valence-corrected chi connectivity index (χ0v) is 7.12. The first-order chi connectivity index (χ1) is 5.66. The summed E-state index contributed by atoms with van der Waals surface area (Å²) < 4.78 is 4.73. The minimum absolute atomic E-state index is 0.0761. The molecule has 0 aliphatic rings. The highest BCUT2D eigenvalue weighted by Crippen LogP contribution is 1.77. The second kappa shape index (κ2) is 7.02. The normalized spacial score (nSPS) is 12.6. The monoisotopic (exact) mass is 177 g/mol. The van der Waals surface area contributed by atoms with E-state index in [2.05, 4.69) is 5.32 Å². The zero-order valence-electron chi connectivity index (χ0n) is 7.12. The molecule has 1 unspecified atom stereocenters. The fourth-order valence-electron chi connectivity index (χ4n) is 0.542. The largest absolute Gasteiger partial charge is 0.394 e. The molecule has 0 aliphatic heterocycles. The van der Waals surface area contributed by atoms with Crippen LogP contribution in [0, 0.1) is 0 Å². The maximum absolute atomic E-state index is 10.8. The number of carbonyl (C=O) groups is 1. The van der Waals surface area contributed by atoms with E-state index in [1.54, 1.807) is 6.92 Å². The molecule has 3 N–H and O–H groups in total. The van der Waals surface area contributed by atoms with E-state index >= 15 is 0 Å². The lowest BCUT2D eigenvalue weighted by Crippen LogP contribution is -2.33. The first-order valence-electron chi connectivity index (χ1n) is 3.80. The van der Waals surface area contributed by atoms with Gasteiger partial charge in [-0.05, 0) is 6.92 Å². The summed E-state index contributed by atoms with van der Waals surface area (Å²) in [6.07, 6.45) is -0.549. The van der Waals surface area contributed by atoms with Crippen molar-refractivity contribution >= 4 is 5.91 Å². The van der Waals surface area contributed by atoms with Crippen molar-refractivity contribution in [2.45, 2.75) is 13.0 Å². The van der Waals surface area contributed by atoms with Gasteiger partial charge in [-0.1, -0.05) is 0 Å². The lowest BCUT2D eigenvalue weighted by atomic mass is 10.4. The summed E-state index contributed by atoms with van der Waals surface area (Å²) in [6, 6.07) is 0. The highest BCUT2D eigenvalue weighted by atomic mass is 16.5. The average Bonchev–Trinajstić information content (AvgIpc) is 2.01. The average molecular weight is 177 g/mol. The molecule has 1 amide bonds. The number of hydrogen-bond acceptors (Lipinski definition) is 4. The van der Waals surface area contributed by atoms with Crippen LogP contribution in [0.1, 0.15) is 6.92 Å². The number of amides is 1. The van der Waals surface area contributed by atoms with Gasteiger partial charge in [0.15, 0.2) is 0 Å². The van der Waals surface area contributed by atoms with Gasteiger partial charge in [-0.2, -0.15) is 0 Å². The maximum atomic E-state index is 10.8. The molecular weight excluding hydrogens is 162 g/mol. The van der Waals surface area contributed by atoms with E-state index in [0.29, 0.717) is 0 Å². The third-order valence-corrected chi connectivity index (χ3v) is 1.06. The SMILES string of the molecule is CC(O)CNC(=O)COCCO. The molecule has 1 atom stereocenters. The number of hydrogen-bond donors (Lipinski definition) is 3. The van der Waals surface area contributed by atoms with Crippen molar-refractivity contribution in [1.82, 2.24) is 5.32 Å². The molecule has 5 nitrogen and oxygen atoms in total. The van der Waals surface area contributed by atoms with E-state index in [4.69, 9.17) is 14.9 Å². The summed E-state index contributed by atoms with van der Waals surface area (Å²) >= 11 is 0. The van der Waals surface area contributed by atoms with Crippen molar-refractivity contribution in [1.29, 1.82) is 0 Å². The topological polar surface area (TPSA) is 78.8 Å². The van der Waals surface area contributed by atoms with Gasteiger partial charge >= 0.3 is 0 Å². The lowest BCUT2D eigenvalue weighted by Gasteiger charge is -2.06. The van der Waals surface area contributed by atoms with Crippen LogP contribution in [0.4, 0.5) is 0 Å². The molecule has 12 heavy (non-hydrogen) atoms. The predicted molar refractivity (Wildman–Crippen MR) is 42.6 cm³/mol. The fourth-order valence-corrected chi connectivity index (χ4v) is 0.542. The van der Waals surface area contributed by atoms with Gasteiger partial charge in [0.05, 0.1) is 19.3 Å². The van der Waals surface area contributed by atoms with Crippen LogP contribution >= 0.6 is 0 Å². The van der Waals surface area contributed by atoms with Gasteiger partial charge in [-0.3, -0.25) is 4.79 Å². The van der Waals surface area contributed by atoms with E-state index in [0.717, 1.165) is 0 Å². The Kier molecular flexibility index (Phi) is 6.64. The van der Waals surface area contributed by atoms with Crippen LogP contribution in [0.15, 0.2) is 0 Å². The Balaban J connectivity index is 3.22. The molecule has 0 heterocycles. The standard InChI is InChI=1S/C7H15NO4/c1-6(10)4-8-7(11)5-12-3-2-9/h6,9-10H,2-5H2,1H3,(H,8,11). The number of carbonyl (C=O) groups excluding carboxylic acids is 1. The van der Waals surface area contributed by atoms with Crippen molar-refractivity contribution in [3.05, 3.63) is 0 Å². The molecule has 0 saturated carbocycles. The zero-order chi connectivity index (χ0) is 9.40. The van der Waals surface area contributed by atoms with E-state index in [9.17, 15) is 4.79 Å². The molecule has 0 saturated heterocycles. The van der Waals surface area contributed by atoms with Crippen molar-refractivity contribution in [3.8, 4) is 0 Å². The van der Waals surface area contributed by atoms with Crippen molar-refractivity contribution in [2.24, 2.45) is 0 Å². The highest BCUT2D eigenvalue weighted by molar-refractivity contribution is 5.77. The summed E-state index contributed by atoms with van der Waals surface area (Å²) in [7, 11) is 0. The summed E-state index contributed by atoms with van der Waals surface area (Å²) in [6.45, 7) is 1.79. The fraction of sp³-hybridized carbons (Fsp3) is 0.857. The van der Waals surface area contributed by atoms with Gasteiger partial charge in [0.25, 0.3) is 0 Å². The van der Waals surface area contributed by atoms with Gasteiger partial charge in [-0.15, -0.1) is 0 Å². The van der Waals surface area contributed by atoms with Crippen LogP contribution in [-0.4, -0.2) is 48.6 Å². The number of ether oxygens (including phenoxy) is 1. The summed E-state index contributed by atoms with van der Waals surface area (Å²) in [5.41, 5.74) is 0. The van der Waals surface area contributed by atoms with Crippen molar-refractivity contribution in [2.75, 3.05) is 26.4 Å². The molecule has 0 fully saturated rings. The number of nitrogens with one attached hydrogen (secondary N) is 1. The van der Waals surface area contributed by atoms with Gasteiger partial charge < -0.3 is 20.3 Å². The molecule has 0 radical (unpaired) electrons. The van der Waals surface area contributed by atoms with Crippen LogP contribution in [0.3, 0.4) is 0 Å². The van der Waals surface area contributed by atoms with Crippen LogP contribution in [0.5, 0.6) is 0 Å². The minimum Gasteiger partial charge on any atom is -0.394 e. The molecule has 0 rings (SSSR count). The Morgan fingerprint density at radius 1 is 1.67 bits per heavy atom. The smallest absolute Gasteiger partial charge is 0.246 e. The minimum atomic E-state index is -0.549. The molecule has 0 aromatic carbocycles. The van der Waals surface area contributed by atoms with Gasteiger partial charge in [0.1, 0.15) is 6.61 Å². The van der Waals surface area contributed by atoms with E-state index in [-0.39, 0.29) is 32.3 Å². The summed E-state index contributed by atoms with van der Waals surface area (Å²) in [5.74, 6) is -0.288. The summed E-state index contributed by atoms with van der Waals surface area (Å²) in [5, 5.41) is 19.5. The Morgan fingerprint density at radius 3 is 2.83 bits per heavy atom. The van der Waals surface area contributed by atoms with Crippen molar-refractivity contribution < 1.29 is 19.7 Å². The lowest BCUT2D eigenvalue weighted by molar-refractivity contribution is -0.126. The Hall–Kier alpha value is -0.650. The van der Waals surface area contributed by atoms with Crippen molar-refractivity contribution in [3.63, 3.8) is 0 Å². The number of aliphatic hydroxyl groups is 2. The second-order valence-electron chi connectivity index (χ2n) is 2.43. The quantitative estimate of drug-likeness (QED) is 0.431. The molecule has 0 aromatic rings. The third-order valence-electron chi connectivity index (χ3n) is 1.06. The highest BCUT2D eigenvalue weighted by Gasteiger charge is 2.01.